The van der Waals surface area contributed by atoms with E-state index in [1.165, 1.54) is 43.4 Å². The summed E-state index contributed by atoms with van der Waals surface area (Å²) in [5.41, 5.74) is 9.22. The number of benzene rings is 1. The molecule has 0 radical (unpaired) electrons. The molecule has 0 heterocycles. The van der Waals surface area contributed by atoms with E-state index in [4.69, 9.17) is 18.0 Å². The maximum atomic E-state index is 5.73. The van der Waals surface area contributed by atoms with E-state index in [-0.39, 0.29) is 0 Å². The molecule has 0 spiro atoms. The van der Waals surface area contributed by atoms with Crippen LogP contribution in [-0.2, 0) is 0 Å². The van der Waals surface area contributed by atoms with Crippen molar-refractivity contribution in [2.45, 2.75) is 52.0 Å². The molecule has 0 saturated heterocycles. The minimum Gasteiger partial charge on any atom is -0.389 e. The molecule has 3 heteroatoms. The summed E-state index contributed by atoms with van der Waals surface area (Å²) in [6.45, 7) is 5.40. The third-order valence-electron chi connectivity index (χ3n) is 4.16. The zero-order valence-corrected chi connectivity index (χ0v) is 12.8. The third kappa shape index (κ3) is 3.27. The van der Waals surface area contributed by atoms with Crippen LogP contribution in [0.1, 0.15) is 50.2 Å². The Hall–Kier alpha value is -1.09. The van der Waals surface area contributed by atoms with Crippen LogP contribution in [0.25, 0.3) is 0 Å². The van der Waals surface area contributed by atoms with Gasteiger partial charge in [-0.2, -0.15) is 0 Å². The van der Waals surface area contributed by atoms with Crippen molar-refractivity contribution >= 4 is 22.9 Å². The molecule has 0 unspecified atom stereocenters. The molecule has 1 aromatic rings. The molecule has 2 rings (SSSR count). The van der Waals surface area contributed by atoms with E-state index >= 15 is 0 Å². The fraction of sp³-hybridized carbons (Fsp3) is 0.562. The largest absolute Gasteiger partial charge is 0.389 e. The summed E-state index contributed by atoms with van der Waals surface area (Å²) in [6, 6.07) is 7.17. The van der Waals surface area contributed by atoms with Gasteiger partial charge in [0.25, 0.3) is 0 Å². The van der Waals surface area contributed by atoms with E-state index in [1.807, 2.05) is 0 Å². The molecule has 0 bridgehead atoms. The number of nitrogens with two attached hydrogens (primary N) is 1. The van der Waals surface area contributed by atoms with Crippen molar-refractivity contribution in [3.63, 3.8) is 0 Å². The monoisotopic (exact) mass is 276 g/mol. The van der Waals surface area contributed by atoms with Gasteiger partial charge in [-0.3, -0.25) is 0 Å². The van der Waals surface area contributed by atoms with Gasteiger partial charge in [-0.1, -0.05) is 31.5 Å². The molecule has 0 aliphatic heterocycles. The summed E-state index contributed by atoms with van der Waals surface area (Å²) in [6.07, 6.45) is 6.78. The van der Waals surface area contributed by atoms with E-state index in [1.54, 1.807) is 0 Å². The van der Waals surface area contributed by atoms with E-state index in [0.717, 1.165) is 12.1 Å². The number of hydrogen-bond acceptors (Lipinski definition) is 2. The van der Waals surface area contributed by atoms with Gasteiger partial charge >= 0.3 is 0 Å². The smallest absolute Gasteiger partial charge is 0.104 e. The lowest BCUT2D eigenvalue weighted by Crippen LogP contribution is -2.36. The van der Waals surface area contributed by atoms with Crippen molar-refractivity contribution < 1.29 is 0 Å². The lowest BCUT2D eigenvalue weighted by atomic mass is 9.93. The summed E-state index contributed by atoms with van der Waals surface area (Å²) >= 11 is 5.08. The minimum absolute atomic E-state index is 0.491. The molecule has 0 atom stereocenters. The maximum Gasteiger partial charge on any atom is 0.104 e. The molecule has 1 saturated carbocycles. The van der Waals surface area contributed by atoms with E-state index in [2.05, 4.69) is 36.9 Å². The standard InChI is InChI=1S/C16H24N2S/c1-3-18(13-7-5-4-6-8-13)14-9-10-15(16(17)19)12(2)11-14/h9-11,13H,3-8H2,1-2H3,(H2,17,19). The number of thiocarbonyl (C=S) groups is 1. The average molecular weight is 276 g/mol. The predicted octanol–water partition coefficient (Wildman–Crippen LogP) is 3.79. The summed E-state index contributed by atoms with van der Waals surface area (Å²) in [5.74, 6) is 0. The normalized spacial score (nSPS) is 16.3. The van der Waals surface area contributed by atoms with Gasteiger partial charge in [0.1, 0.15) is 4.99 Å². The topological polar surface area (TPSA) is 29.3 Å². The Morgan fingerprint density at radius 2 is 2.00 bits per heavy atom. The fourth-order valence-corrected chi connectivity index (χ4v) is 3.38. The number of aryl methyl sites for hydroxylation is 1. The van der Waals surface area contributed by atoms with Gasteiger partial charge in [0.2, 0.25) is 0 Å². The highest BCUT2D eigenvalue weighted by Gasteiger charge is 2.20. The van der Waals surface area contributed by atoms with Crippen LogP contribution >= 0.6 is 12.2 Å². The molecular weight excluding hydrogens is 252 g/mol. The quantitative estimate of drug-likeness (QED) is 0.848. The Kier molecular flexibility index (Phi) is 4.81. The molecule has 1 fully saturated rings. The van der Waals surface area contributed by atoms with Crippen molar-refractivity contribution in [2.75, 3.05) is 11.4 Å². The van der Waals surface area contributed by atoms with Crippen LogP contribution in [0.3, 0.4) is 0 Å². The van der Waals surface area contributed by atoms with Gasteiger partial charge in [0.05, 0.1) is 0 Å². The number of nitrogens with zero attached hydrogens (tertiary/aromatic N) is 1. The molecule has 1 aromatic carbocycles. The van der Waals surface area contributed by atoms with Crippen LogP contribution in [-0.4, -0.2) is 17.6 Å². The first-order valence-electron chi connectivity index (χ1n) is 7.30. The molecule has 0 amide bonds. The number of anilines is 1. The van der Waals surface area contributed by atoms with E-state index in [9.17, 15) is 0 Å². The Morgan fingerprint density at radius 1 is 1.32 bits per heavy atom. The lowest BCUT2D eigenvalue weighted by molar-refractivity contribution is 0.418. The first kappa shape index (κ1) is 14.3. The number of rotatable bonds is 4. The van der Waals surface area contributed by atoms with Crippen LogP contribution in [0.15, 0.2) is 18.2 Å². The second kappa shape index (κ2) is 6.38. The summed E-state index contributed by atoms with van der Waals surface area (Å²) in [7, 11) is 0. The summed E-state index contributed by atoms with van der Waals surface area (Å²) < 4.78 is 0. The third-order valence-corrected chi connectivity index (χ3v) is 4.38. The Bertz CT molecular complexity index is 450. The summed E-state index contributed by atoms with van der Waals surface area (Å²) in [4.78, 5) is 3.03. The van der Waals surface area contributed by atoms with Gasteiger partial charge in [0, 0.05) is 23.8 Å². The van der Waals surface area contributed by atoms with Crippen LogP contribution < -0.4 is 10.6 Å². The van der Waals surface area contributed by atoms with Crippen LogP contribution in [0.2, 0.25) is 0 Å². The minimum atomic E-state index is 0.491. The van der Waals surface area contributed by atoms with Gasteiger partial charge in [-0.25, -0.2) is 0 Å². The van der Waals surface area contributed by atoms with Gasteiger partial charge in [-0.05, 0) is 50.5 Å². The highest BCUT2D eigenvalue weighted by molar-refractivity contribution is 7.80. The average Bonchev–Trinajstić information content (AvgIpc) is 2.40. The first-order chi connectivity index (χ1) is 9.13. The SMILES string of the molecule is CCN(c1ccc(C(N)=S)c(C)c1)C1CCCCC1. The van der Waals surface area contributed by atoms with E-state index < -0.39 is 0 Å². The number of hydrogen-bond donors (Lipinski definition) is 1. The summed E-state index contributed by atoms with van der Waals surface area (Å²) in [5, 5.41) is 0. The second-order valence-electron chi connectivity index (χ2n) is 5.44. The highest BCUT2D eigenvalue weighted by atomic mass is 32.1. The van der Waals surface area contributed by atoms with Crippen LogP contribution in [0.4, 0.5) is 5.69 Å². The molecule has 104 valence electrons. The second-order valence-corrected chi connectivity index (χ2v) is 5.88. The van der Waals surface area contributed by atoms with Crippen molar-refractivity contribution in [3.05, 3.63) is 29.3 Å². The zero-order valence-electron chi connectivity index (χ0n) is 12.0. The lowest BCUT2D eigenvalue weighted by Gasteiger charge is -2.35. The van der Waals surface area contributed by atoms with Crippen molar-refractivity contribution in [2.24, 2.45) is 5.73 Å². The molecule has 2 nitrogen and oxygen atoms in total. The Morgan fingerprint density at radius 3 is 2.53 bits per heavy atom. The Balaban J connectivity index is 2.23. The fourth-order valence-electron chi connectivity index (χ4n) is 3.15. The van der Waals surface area contributed by atoms with Crippen LogP contribution in [0.5, 0.6) is 0 Å². The van der Waals surface area contributed by atoms with Crippen molar-refractivity contribution in [1.82, 2.24) is 0 Å². The Labute approximate surface area is 122 Å². The first-order valence-corrected chi connectivity index (χ1v) is 7.71. The highest BCUT2D eigenvalue weighted by Crippen LogP contribution is 2.28. The maximum absolute atomic E-state index is 5.73. The zero-order chi connectivity index (χ0) is 13.8. The predicted molar refractivity (Wildman–Crippen MR) is 87.0 cm³/mol. The molecule has 1 aliphatic rings. The van der Waals surface area contributed by atoms with Gasteiger partial charge < -0.3 is 10.6 Å². The van der Waals surface area contributed by atoms with Gasteiger partial charge in [0.15, 0.2) is 0 Å². The van der Waals surface area contributed by atoms with Crippen LogP contribution in [0, 0.1) is 6.92 Å². The molecule has 1 aliphatic carbocycles. The van der Waals surface area contributed by atoms with Crippen molar-refractivity contribution in [1.29, 1.82) is 0 Å². The van der Waals surface area contributed by atoms with Gasteiger partial charge in [-0.15, -0.1) is 0 Å². The molecule has 2 N–H and O–H groups in total. The molecule has 19 heavy (non-hydrogen) atoms. The molecular formula is C16H24N2S. The van der Waals surface area contributed by atoms with Crippen molar-refractivity contribution in [3.8, 4) is 0 Å². The molecule has 0 aromatic heterocycles. The van der Waals surface area contributed by atoms with E-state index in [0.29, 0.717) is 11.0 Å².